The molecule has 168 valence electrons. The minimum absolute atomic E-state index is 0.0302. The molecule has 5 rings (SSSR count). The zero-order chi connectivity index (χ0) is 22.1. The van der Waals surface area contributed by atoms with Gasteiger partial charge in [-0.1, -0.05) is 24.3 Å². The van der Waals surface area contributed by atoms with E-state index in [1.807, 2.05) is 11.1 Å². The van der Waals surface area contributed by atoms with Crippen molar-refractivity contribution >= 4 is 18.0 Å². The van der Waals surface area contributed by atoms with Gasteiger partial charge in [0.05, 0.1) is 17.2 Å². The molecular weight excluding hydrogens is 407 g/mol. The van der Waals surface area contributed by atoms with Gasteiger partial charge < -0.3 is 9.80 Å². The molecule has 1 aromatic heterocycles. The molecule has 1 aromatic carbocycles. The predicted octanol–water partition coefficient (Wildman–Crippen LogP) is 3.95. The van der Waals surface area contributed by atoms with Crippen LogP contribution >= 0.6 is 0 Å². The molecule has 2 amide bonds. The Morgan fingerprint density at radius 3 is 2.69 bits per heavy atom. The molecule has 2 aromatic rings. The lowest BCUT2D eigenvalue weighted by molar-refractivity contribution is -0.150. The largest absolute Gasteiger partial charge is 0.338 e. The number of benzene rings is 1. The predicted molar refractivity (Wildman–Crippen MR) is 119 cm³/mol. The highest BCUT2D eigenvalue weighted by Crippen LogP contribution is 2.41. The topological polar surface area (TPSA) is 58.4 Å². The van der Waals surface area contributed by atoms with Gasteiger partial charge in [-0.05, 0) is 50.5 Å². The summed E-state index contributed by atoms with van der Waals surface area (Å²) in [6.45, 7) is 2.08. The molecule has 2 saturated heterocycles. The van der Waals surface area contributed by atoms with Gasteiger partial charge in [0.2, 0.25) is 5.91 Å². The van der Waals surface area contributed by atoms with E-state index in [0.717, 1.165) is 12.8 Å². The molecule has 0 radical (unpaired) electrons. The van der Waals surface area contributed by atoms with Gasteiger partial charge in [-0.25, -0.2) is 9.07 Å². The Morgan fingerprint density at radius 2 is 1.94 bits per heavy atom. The average Bonchev–Trinajstić information content (AvgIpc) is 3.52. The van der Waals surface area contributed by atoms with Crippen LogP contribution in [0, 0.1) is 17.2 Å². The lowest BCUT2D eigenvalue weighted by Gasteiger charge is -2.46. The van der Waals surface area contributed by atoms with E-state index in [4.69, 9.17) is 0 Å². The Kier molecular flexibility index (Phi) is 5.57. The highest BCUT2D eigenvalue weighted by Gasteiger charge is 2.46. The van der Waals surface area contributed by atoms with Crippen molar-refractivity contribution in [1.29, 1.82) is 0 Å². The lowest BCUT2D eigenvalue weighted by Crippen LogP contribution is -2.54. The first-order valence-electron chi connectivity index (χ1n) is 11.6. The van der Waals surface area contributed by atoms with Crippen LogP contribution in [0.5, 0.6) is 0 Å². The Balaban J connectivity index is 1.21. The summed E-state index contributed by atoms with van der Waals surface area (Å²) in [5.41, 5.74) is 0.702. The number of amides is 2. The fourth-order valence-corrected chi connectivity index (χ4v) is 4.95. The number of halogens is 1. The van der Waals surface area contributed by atoms with E-state index >= 15 is 0 Å². The minimum atomic E-state index is -0.433. The molecule has 3 aliphatic rings. The molecule has 7 heteroatoms. The van der Waals surface area contributed by atoms with E-state index in [1.165, 1.54) is 18.9 Å². The molecule has 2 aliphatic heterocycles. The molecular formula is C25H29FN4O2. The van der Waals surface area contributed by atoms with Crippen molar-refractivity contribution in [1.82, 2.24) is 19.6 Å². The number of aromatic nitrogens is 2. The normalized spacial score (nSPS) is 21.0. The number of hydrogen-bond donors (Lipinski definition) is 0. The maximum Gasteiger partial charge on any atom is 0.257 e. The van der Waals surface area contributed by atoms with Crippen molar-refractivity contribution < 1.29 is 14.0 Å². The number of nitrogens with zero attached hydrogens (tertiary/aromatic N) is 4. The average molecular weight is 437 g/mol. The lowest BCUT2D eigenvalue weighted by atomic mass is 9.71. The molecule has 6 nitrogen and oxygen atoms in total. The van der Waals surface area contributed by atoms with Gasteiger partial charge in [-0.2, -0.15) is 5.10 Å². The molecule has 0 unspecified atom stereocenters. The van der Waals surface area contributed by atoms with Crippen LogP contribution in [-0.2, 0) is 11.3 Å². The zero-order valence-electron chi connectivity index (χ0n) is 18.3. The highest BCUT2D eigenvalue weighted by atomic mass is 19.1. The maximum atomic E-state index is 14.1. The summed E-state index contributed by atoms with van der Waals surface area (Å²) < 4.78 is 15.8. The van der Waals surface area contributed by atoms with Gasteiger partial charge in [0.25, 0.3) is 5.91 Å². The number of likely N-dealkylation sites (tertiary alicyclic amines) is 2. The van der Waals surface area contributed by atoms with Crippen molar-refractivity contribution in [2.45, 2.75) is 45.1 Å². The third-order valence-corrected chi connectivity index (χ3v) is 7.13. The fraction of sp³-hybridized carbons (Fsp3) is 0.480. The first-order chi connectivity index (χ1) is 15.5. The van der Waals surface area contributed by atoms with Gasteiger partial charge >= 0.3 is 0 Å². The summed E-state index contributed by atoms with van der Waals surface area (Å²) in [6.07, 6.45) is 13.0. The summed E-state index contributed by atoms with van der Waals surface area (Å²) in [7, 11) is 0. The zero-order valence-corrected chi connectivity index (χ0v) is 18.3. The Morgan fingerprint density at radius 1 is 1.16 bits per heavy atom. The Bertz CT molecular complexity index is 1030. The molecule has 1 spiro atoms. The smallest absolute Gasteiger partial charge is 0.257 e. The molecule has 3 heterocycles. The third kappa shape index (κ3) is 4.20. The van der Waals surface area contributed by atoms with Crippen LogP contribution in [0.3, 0.4) is 0 Å². The summed E-state index contributed by atoms with van der Waals surface area (Å²) in [4.78, 5) is 30.0. The molecule has 1 saturated carbocycles. The first kappa shape index (κ1) is 20.9. The van der Waals surface area contributed by atoms with E-state index in [-0.39, 0.29) is 17.6 Å². The van der Waals surface area contributed by atoms with Gasteiger partial charge in [0.15, 0.2) is 0 Å². The van der Waals surface area contributed by atoms with E-state index in [0.29, 0.717) is 56.1 Å². The standard InChI is InChI=1S/C25H29FN4O2/c26-22-5-2-1-4-20(22)17-29-12-3-9-25(24(29)32)10-14-28(15-11-25)23(31)21-16-27-30(18-21)13-8-19-6-7-19/h1-2,4-5,8,13,16,18-19H,3,6-7,9-12,14-15,17H2/b13-8+. The maximum absolute atomic E-state index is 14.1. The third-order valence-electron chi connectivity index (χ3n) is 7.13. The van der Waals surface area contributed by atoms with Crippen molar-refractivity contribution in [3.63, 3.8) is 0 Å². The van der Waals surface area contributed by atoms with Crippen LogP contribution in [0.4, 0.5) is 4.39 Å². The van der Waals surface area contributed by atoms with Crippen LogP contribution in [0.2, 0.25) is 0 Å². The van der Waals surface area contributed by atoms with Gasteiger partial charge in [-0.3, -0.25) is 9.59 Å². The Labute approximate surface area is 187 Å². The minimum Gasteiger partial charge on any atom is -0.338 e. The second-order valence-corrected chi connectivity index (χ2v) is 9.38. The van der Waals surface area contributed by atoms with Crippen LogP contribution in [0.15, 0.2) is 42.7 Å². The number of rotatable bonds is 5. The van der Waals surface area contributed by atoms with Crippen molar-refractivity contribution in [2.24, 2.45) is 11.3 Å². The summed E-state index contributed by atoms with van der Waals surface area (Å²) in [5, 5.41) is 4.28. The molecule has 0 atom stereocenters. The first-order valence-corrected chi connectivity index (χ1v) is 11.6. The van der Waals surface area contributed by atoms with Gasteiger partial charge in [0.1, 0.15) is 5.82 Å². The van der Waals surface area contributed by atoms with Crippen LogP contribution in [0.1, 0.15) is 54.4 Å². The molecule has 0 bridgehead atoms. The SMILES string of the molecule is O=C(c1cnn(/C=C/C2CC2)c1)N1CCC2(CCCN(Cc3ccccc3F)C2=O)CC1. The number of hydrogen-bond acceptors (Lipinski definition) is 3. The molecule has 0 N–H and O–H groups in total. The molecule has 1 aliphatic carbocycles. The number of piperidine rings is 2. The summed E-state index contributed by atoms with van der Waals surface area (Å²) in [5.74, 6) is 0.463. The summed E-state index contributed by atoms with van der Waals surface area (Å²) >= 11 is 0. The number of carbonyl (C=O) groups is 2. The van der Waals surface area contributed by atoms with E-state index < -0.39 is 5.41 Å². The second-order valence-electron chi connectivity index (χ2n) is 9.38. The van der Waals surface area contributed by atoms with Crippen LogP contribution < -0.4 is 0 Å². The molecule has 3 fully saturated rings. The quantitative estimate of drug-likeness (QED) is 0.713. The van der Waals surface area contributed by atoms with Crippen molar-refractivity contribution in [2.75, 3.05) is 19.6 Å². The fourth-order valence-electron chi connectivity index (χ4n) is 4.95. The number of carbonyl (C=O) groups excluding carboxylic acids is 2. The van der Waals surface area contributed by atoms with Crippen LogP contribution in [0.25, 0.3) is 6.20 Å². The van der Waals surface area contributed by atoms with Crippen molar-refractivity contribution in [3.05, 3.63) is 59.7 Å². The number of allylic oxidation sites excluding steroid dienone is 1. The van der Waals surface area contributed by atoms with E-state index in [9.17, 15) is 14.0 Å². The van der Waals surface area contributed by atoms with E-state index in [2.05, 4.69) is 11.2 Å². The summed E-state index contributed by atoms with van der Waals surface area (Å²) in [6, 6.07) is 6.65. The molecule has 32 heavy (non-hydrogen) atoms. The highest BCUT2D eigenvalue weighted by molar-refractivity contribution is 5.94. The van der Waals surface area contributed by atoms with Crippen LogP contribution in [-0.4, -0.2) is 51.0 Å². The second kappa shape index (κ2) is 8.52. The monoisotopic (exact) mass is 436 g/mol. The van der Waals surface area contributed by atoms with Crippen molar-refractivity contribution in [3.8, 4) is 0 Å². The van der Waals surface area contributed by atoms with Gasteiger partial charge in [0, 0.05) is 44.1 Å². The van der Waals surface area contributed by atoms with E-state index in [1.54, 1.807) is 40.2 Å². The Hall–Kier alpha value is -2.96. The van der Waals surface area contributed by atoms with Gasteiger partial charge in [-0.15, -0.1) is 0 Å².